The van der Waals surface area contributed by atoms with E-state index in [9.17, 15) is 9.59 Å². The number of para-hydroxylation sites is 1. The van der Waals surface area contributed by atoms with Gasteiger partial charge in [-0.25, -0.2) is 0 Å². The zero-order valence-corrected chi connectivity index (χ0v) is 12.9. The van der Waals surface area contributed by atoms with E-state index < -0.39 is 0 Å². The van der Waals surface area contributed by atoms with E-state index in [0.717, 1.165) is 0 Å². The molecule has 1 N–H and O–H groups in total. The largest absolute Gasteiger partial charge is 0.326 e. The number of hydrogen-bond acceptors (Lipinski definition) is 4. The van der Waals surface area contributed by atoms with Gasteiger partial charge in [-0.05, 0) is 30.3 Å². The highest BCUT2D eigenvalue weighted by Gasteiger charge is 2.15. The number of aromatic nitrogens is 3. The fraction of sp³-hybridized carbons (Fsp3) is 0.176. The van der Waals surface area contributed by atoms with E-state index >= 15 is 0 Å². The molecule has 2 aromatic carbocycles. The zero-order valence-electron chi connectivity index (χ0n) is 12.9. The number of carbonyl (C=O) groups is 2. The number of nitrogens with one attached hydrogen (secondary N) is 1. The van der Waals surface area contributed by atoms with Gasteiger partial charge in [-0.2, -0.15) is 4.68 Å². The maximum Gasteiger partial charge on any atom is 0.280 e. The number of nitrogens with zero attached hydrogens (tertiary/aromatic N) is 3. The number of hydrogen-bond donors (Lipinski definition) is 1. The van der Waals surface area contributed by atoms with Gasteiger partial charge in [-0.3, -0.25) is 9.59 Å². The molecule has 6 nitrogen and oxygen atoms in total. The van der Waals surface area contributed by atoms with Crippen molar-refractivity contribution in [3.8, 4) is 0 Å². The third-order valence-corrected chi connectivity index (χ3v) is 3.45. The fourth-order valence-electron chi connectivity index (χ4n) is 2.16. The van der Waals surface area contributed by atoms with E-state index in [-0.39, 0.29) is 17.7 Å². The summed E-state index contributed by atoms with van der Waals surface area (Å²) in [5.41, 5.74) is 2.32. The number of rotatable bonds is 3. The Morgan fingerprint density at radius 1 is 1.09 bits per heavy atom. The molecule has 0 radical (unpaired) electrons. The maximum absolute atomic E-state index is 12.6. The molecule has 0 saturated carbocycles. The second-order valence-electron chi connectivity index (χ2n) is 5.52. The molecule has 0 aliphatic carbocycles. The summed E-state index contributed by atoms with van der Waals surface area (Å²) >= 11 is 0. The first-order chi connectivity index (χ1) is 11.1. The number of amides is 1. The number of carbonyl (C=O) groups excluding carboxylic acids is 2. The minimum Gasteiger partial charge on any atom is -0.326 e. The Morgan fingerprint density at radius 2 is 1.87 bits per heavy atom. The molecule has 0 aliphatic rings. The standard InChI is InChI=1S/C17H16N4O2/c1-11(2)16(22)18-13-7-5-6-12(10-13)17(23)21-15-9-4-3-8-14(15)19-20-21/h3-11H,1-2H3,(H,18,22). The highest BCUT2D eigenvalue weighted by molar-refractivity contribution is 6.01. The quantitative estimate of drug-likeness (QED) is 0.807. The smallest absolute Gasteiger partial charge is 0.280 e. The van der Waals surface area contributed by atoms with Gasteiger partial charge in [0, 0.05) is 17.2 Å². The Kier molecular flexibility index (Phi) is 3.89. The van der Waals surface area contributed by atoms with Crippen molar-refractivity contribution >= 4 is 28.5 Å². The van der Waals surface area contributed by atoms with Crippen LogP contribution in [0.2, 0.25) is 0 Å². The van der Waals surface area contributed by atoms with Crippen LogP contribution in [0, 0.1) is 5.92 Å². The van der Waals surface area contributed by atoms with Crippen molar-refractivity contribution in [1.82, 2.24) is 15.0 Å². The molecule has 1 aromatic heterocycles. The molecule has 1 amide bonds. The van der Waals surface area contributed by atoms with Gasteiger partial charge in [0.1, 0.15) is 5.52 Å². The third-order valence-electron chi connectivity index (χ3n) is 3.45. The predicted molar refractivity (Wildman–Crippen MR) is 87.2 cm³/mol. The molecule has 3 aromatic rings. The van der Waals surface area contributed by atoms with Crippen molar-refractivity contribution in [1.29, 1.82) is 0 Å². The van der Waals surface area contributed by atoms with E-state index in [2.05, 4.69) is 15.6 Å². The van der Waals surface area contributed by atoms with Crippen LogP contribution in [-0.2, 0) is 4.79 Å². The van der Waals surface area contributed by atoms with Gasteiger partial charge < -0.3 is 5.32 Å². The molecule has 0 spiro atoms. The van der Waals surface area contributed by atoms with Crippen LogP contribution in [0.5, 0.6) is 0 Å². The first kappa shape index (κ1) is 14.9. The van der Waals surface area contributed by atoms with Gasteiger partial charge in [0.25, 0.3) is 5.91 Å². The van der Waals surface area contributed by atoms with E-state index in [0.29, 0.717) is 22.3 Å². The lowest BCUT2D eigenvalue weighted by Gasteiger charge is -2.09. The molecular weight excluding hydrogens is 292 g/mol. The highest BCUT2D eigenvalue weighted by Crippen LogP contribution is 2.16. The first-order valence-corrected chi connectivity index (χ1v) is 7.32. The molecule has 0 fully saturated rings. The maximum atomic E-state index is 12.6. The second kappa shape index (κ2) is 6.00. The lowest BCUT2D eigenvalue weighted by molar-refractivity contribution is -0.118. The highest BCUT2D eigenvalue weighted by atomic mass is 16.2. The summed E-state index contributed by atoms with van der Waals surface area (Å²) in [6, 6.07) is 14.0. The van der Waals surface area contributed by atoms with Gasteiger partial charge in [-0.15, -0.1) is 5.10 Å². The first-order valence-electron chi connectivity index (χ1n) is 7.32. The lowest BCUT2D eigenvalue weighted by atomic mass is 10.1. The van der Waals surface area contributed by atoms with Crippen LogP contribution in [0.15, 0.2) is 48.5 Å². The van der Waals surface area contributed by atoms with Crippen LogP contribution in [0.3, 0.4) is 0 Å². The average Bonchev–Trinajstić information content (AvgIpc) is 2.98. The van der Waals surface area contributed by atoms with Crippen LogP contribution in [0.4, 0.5) is 5.69 Å². The van der Waals surface area contributed by atoms with Crippen molar-refractivity contribution in [3.05, 3.63) is 54.1 Å². The lowest BCUT2D eigenvalue weighted by Crippen LogP contribution is -2.18. The van der Waals surface area contributed by atoms with Crippen molar-refractivity contribution in [2.45, 2.75) is 13.8 Å². The van der Waals surface area contributed by atoms with Crippen LogP contribution in [0.1, 0.15) is 24.2 Å². The van der Waals surface area contributed by atoms with E-state index in [1.165, 1.54) is 4.68 Å². The molecule has 0 aliphatic heterocycles. The van der Waals surface area contributed by atoms with E-state index in [4.69, 9.17) is 0 Å². The van der Waals surface area contributed by atoms with Gasteiger partial charge in [-0.1, -0.05) is 37.3 Å². The van der Waals surface area contributed by atoms with E-state index in [1.54, 1.807) is 36.4 Å². The Balaban J connectivity index is 1.92. The van der Waals surface area contributed by atoms with Gasteiger partial charge >= 0.3 is 0 Å². The fourth-order valence-corrected chi connectivity index (χ4v) is 2.16. The average molecular weight is 308 g/mol. The molecule has 0 bridgehead atoms. The third kappa shape index (κ3) is 2.96. The summed E-state index contributed by atoms with van der Waals surface area (Å²) in [6.07, 6.45) is 0. The van der Waals surface area contributed by atoms with E-state index in [1.807, 2.05) is 26.0 Å². The molecule has 0 saturated heterocycles. The number of benzene rings is 2. The zero-order chi connectivity index (χ0) is 16.4. The number of anilines is 1. The van der Waals surface area contributed by atoms with Crippen molar-refractivity contribution in [2.75, 3.05) is 5.32 Å². The van der Waals surface area contributed by atoms with Crippen LogP contribution in [0.25, 0.3) is 11.0 Å². The molecule has 116 valence electrons. The minimum absolute atomic E-state index is 0.0965. The summed E-state index contributed by atoms with van der Waals surface area (Å²) in [5.74, 6) is -0.520. The Morgan fingerprint density at radius 3 is 2.65 bits per heavy atom. The molecule has 0 atom stereocenters. The molecule has 0 unspecified atom stereocenters. The Hall–Kier alpha value is -3.02. The predicted octanol–water partition coefficient (Wildman–Crippen LogP) is 2.71. The summed E-state index contributed by atoms with van der Waals surface area (Å²) in [4.78, 5) is 24.4. The van der Waals surface area contributed by atoms with Gasteiger partial charge in [0.2, 0.25) is 5.91 Å². The Labute approximate surface area is 133 Å². The number of fused-ring (bicyclic) bond motifs is 1. The van der Waals surface area contributed by atoms with Crippen molar-refractivity contribution in [3.63, 3.8) is 0 Å². The SMILES string of the molecule is CC(C)C(=O)Nc1cccc(C(=O)n2nnc3ccccc32)c1. The summed E-state index contributed by atoms with van der Waals surface area (Å²) < 4.78 is 1.26. The minimum atomic E-state index is -0.292. The monoisotopic (exact) mass is 308 g/mol. The molecular formula is C17H16N4O2. The molecule has 6 heteroatoms. The topological polar surface area (TPSA) is 76.9 Å². The normalized spacial score (nSPS) is 10.9. The molecule has 23 heavy (non-hydrogen) atoms. The summed E-state index contributed by atoms with van der Waals surface area (Å²) in [6.45, 7) is 3.62. The van der Waals surface area contributed by atoms with Crippen LogP contribution >= 0.6 is 0 Å². The second-order valence-corrected chi connectivity index (χ2v) is 5.52. The summed E-state index contributed by atoms with van der Waals surface area (Å²) in [5, 5.41) is 10.7. The van der Waals surface area contributed by atoms with Gasteiger partial charge in [0.15, 0.2) is 0 Å². The molecule has 3 rings (SSSR count). The summed E-state index contributed by atoms with van der Waals surface area (Å²) in [7, 11) is 0. The Bertz CT molecular complexity index is 883. The van der Waals surface area contributed by atoms with Gasteiger partial charge in [0.05, 0.1) is 5.52 Å². The van der Waals surface area contributed by atoms with Crippen molar-refractivity contribution < 1.29 is 9.59 Å². The molecule has 1 heterocycles. The van der Waals surface area contributed by atoms with Crippen molar-refractivity contribution in [2.24, 2.45) is 5.92 Å². The van der Waals surface area contributed by atoms with Crippen LogP contribution in [-0.4, -0.2) is 26.8 Å². The van der Waals surface area contributed by atoms with Crippen LogP contribution < -0.4 is 5.32 Å².